The minimum Gasteiger partial charge on any atom is -0.355 e. The van der Waals surface area contributed by atoms with Crippen molar-refractivity contribution >= 4 is 21.7 Å². The third kappa shape index (κ3) is 3.76. The first-order valence-electron chi connectivity index (χ1n) is 7.42. The fourth-order valence-electron chi connectivity index (χ4n) is 2.48. The van der Waals surface area contributed by atoms with Crippen LogP contribution in [0.3, 0.4) is 0 Å². The lowest BCUT2D eigenvalue weighted by molar-refractivity contribution is 0.571. The molecule has 6 nitrogen and oxygen atoms in total. The number of anilines is 2. The molecular formula is C15H17FN4O2S. The molecule has 0 radical (unpaired) electrons. The quantitative estimate of drug-likeness (QED) is 0.928. The molecule has 2 heterocycles. The van der Waals surface area contributed by atoms with E-state index in [0.29, 0.717) is 0 Å². The summed E-state index contributed by atoms with van der Waals surface area (Å²) in [5, 5.41) is 8.01. The van der Waals surface area contributed by atoms with Gasteiger partial charge in [0.05, 0.1) is 4.90 Å². The van der Waals surface area contributed by atoms with Crippen LogP contribution in [0, 0.1) is 5.82 Å². The molecule has 1 N–H and O–H groups in total. The van der Waals surface area contributed by atoms with Gasteiger partial charge in [0.1, 0.15) is 5.82 Å². The van der Waals surface area contributed by atoms with E-state index in [0.717, 1.165) is 43.9 Å². The zero-order chi connectivity index (χ0) is 16.3. The Hall–Kier alpha value is -2.22. The lowest BCUT2D eigenvalue weighted by Gasteiger charge is -2.27. The molecule has 1 fully saturated rings. The molecule has 1 aliphatic rings. The maximum Gasteiger partial charge on any atom is 0.263 e. The van der Waals surface area contributed by atoms with Gasteiger partial charge in [-0.15, -0.1) is 10.2 Å². The van der Waals surface area contributed by atoms with E-state index in [1.807, 2.05) is 0 Å². The monoisotopic (exact) mass is 336 g/mol. The highest BCUT2D eigenvalue weighted by Gasteiger charge is 2.16. The average molecular weight is 336 g/mol. The van der Waals surface area contributed by atoms with E-state index in [-0.39, 0.29) is 10.7 Å². The Bertz CT molecular complexity index is 757. The number of sulfonamides is 1. The summed E-state index contributed by atoms with van der Waals surface area (Å²) in [5.41, 5.74) is 0. The van der Waals surface area contributed by atoms with Crippen LogP contribution in [0.25, 0.3) is 0 Å². The first kappa shape index (κ1) is 15.7. The zero-order valence-electron chi connectivity index (χ0n) is 12.4. The summed E-state index contributed by atoms with van der Waals surface area (Å²) < 4.78 is 39.6. The van der Waals surface area contributed by atoms with Gasteiger partial charge >= 0.3 is 0 Å². The van der Waals surface area contributed by atoms with Crippen LogP contribution < -0.4 is 9.62 Å². The minimum absolute atomic E-state index is 0.0270. The molecule has 1 aromatic carbocycles. The highest BCUT2D eigenvalue weighted by molar-refractivity contribution is 7.92. The van der Waals surface area contributed by atoms with E-state index in [4.69, 9.17) is 0 Å². The van der Waals surface area contributed by atoms with Crippen molar-refractivity contribution in [1.82, 2.24) is 10.2 Å². The Balaban J connectivity index is 1.73. The van der Waals surface area contributed by atoms with Gasteiger partial charge in [0.25, 0.3) is 10.0 Å². The number of hydrogen-bond acceptors (Lipinski definition) is 5. The van der Waals surface area contributed by atoms with Crippen LogP contribution >= 0.6 is 0 Å². The van der Waals surface area contributed by atoms with Gasteiger partial charge in [0, 0.05) is 13.1 Å². The Morgan fingerprint density at radius 3 is 2.26 bits per heavy atom. The molecule has 0 saturated carbocycles. The molecule has 0 unspecified atom stereocenters. The second kappa shape index (κ2) is 6.49. The van der Waals surface area contributed by atoms with Crippen molar-refractivity contribution < 1.29 is 12.8 Å². The molecule has 1 aromatic heterocycles. The molecular weight excluding hydrogens is 319 g/mol. The average Bonchev–Trinajstić information content (AvgIpc) is 2.56. The van der Waals surface area contributed by atoms with Crippen molar-refractivity contribution in [2.24, 2.45) is 0 Å². The number of halogens is 1. The molecule has 1 saturated heterocycles. The van der Waals surface area contributed by atoms with Gasteiger partial charge < -0.3 is 4.90 Å². The maximum absolute atomic E-state index is 12.9. The van der Waals surface area contributed by atoms with Crippen molar-refractivity contribution in [2.45, 2.75) is 24.2 Å². The van der Waals surface area contributed by atoms with Gasteiger partial charge in [-0.1, -0.05) is 0 Å². The number of nitrogens with one attached hydrogen (secondary N) is 1. The van der Waals surface area contributed by atoms with E-state index in [2.05, 4.69) is 19.8 Å². The highest BCUT2D eigenvalue weighted by Crippen LogP contribution is 2.19. The van der Waals surface area contributed by atoms with Gasteiger partial charge in [-0.2, -0.15) is 0 Å². The van der Waals surface area contributed by atoms with E-state index >= 15 is 0 Å². The number of rotatable bonds is 4. The number of nitrogens with zero attached hydrogens (tertiary/aromatic N) is 3. The Labute approximate surface area is 134 Å². The summed E-state index contributed by atoms with van der Waals surface area (Å²) in [6.45, 7) is 1.88. The van der Waals surface area contributed by atoms with Crippen molar-refractivity contribution in [1.29, 1.82) is 0 Å². The summed E-state index contributed by atoms with van der Waals surface area (Å²) in [6.07, 6.45) is 3.47. The predicted octanol–water partition coefficient (Wildman–Crippen LogP) is 2.41. The van der Waals surface area contributed by atoms with E-state index in [9.17, 15) is 12.8 Å². The summed E-state index contributed by atoms with van der Waals surface area (Å²) in [4.78, 5) is 2.11. The van der Waals surface area contributed by atoms with Gasteiger partial charge in [-0.05, 0) is 55.7 Å². The molecule has 0 aliphatic carbocycles. The van der Waals surface area contributed by atoms with Gasteiger partial charge in [0.15, 0.2) is 11.6 Å². The predicted molar refractivity (Wildman–Crippen MR) is 85.3 cm³/mol. The third-order valence-corrected chi connectivity index (χ3v) is 5.06. The fraction of sp³-hybridized carbons (Fsp3) is 0.333. The largest absolute Gasteiger partial charge is 0.355 e. The van der Waals surface area contributed by atoms with Crippen LogP contribution in [-0.4, -0.2) is 31.7 Å². The SMILES string of the molecule is O=S(=O)(Nc1ccc(N2CCCCC2)nn1)c1ccc(F)cc1. The molecule has 1 aliphatic heterocycles. The smallest absolute Gasteiger partial charge is 0.263 e. The second-order valence-corrected chi connectivity index (χ2v) is 7.07. The number of piperidine rings is 1. The van der Waals surface area contributed by atoms with Crippen LogP contribution in [-0.2, 0) is 10.0 Å². The molecule has 23 heavy (non-hydrogen) atoms. The van der Waals surface area contributed by atoms with E-state index in [1.165, 1.54) is 18.6 Å². The van der Waals surface area contributed by atoms with Crippen LogP contribution in [0.15, 0.2) is 41.3 Å². The standard InChI is InChI=1S/C15H17FN4O2S/c16-12-4-6-13(7-5-12)23(21,22)19-14-8-9-15(18-17-14)20-10-2-1-3-11-20/h4-9H,1-3,10-11H2,(H,17,19). The molecule has 0 atom stereocenters. The van der Waals surface area contributed by atoms with Gasteiger partial charge in [-0.3, -0.25) is 4.72 Å². The maximum atomic E-state index is 12.9. The molecule has 3 rings (SSSR count). The lowest BCUT2D eigenvalue weighted by Crippen LogP contribution is -2.30. The summed E-state index contributed by atoms with van der Waals surface area (Å²) in [6, 6.07) is 7.93. The van der Waals surface area contributed by atoms with Crippen LogP contribution in [0.1, 0.15) is 19.3 Å². The molecule has 0 spiro atoms. The Kier molecular flexibility index (Phi) is 4.42. The summed E-state index contributed by atoms with van der Waals surface area (Å²) in [7, 11) is -3.80. The highest BCUT2D eigenvalue weighted by atomic mass is 32.2. The first-order valence-corrected chi connectivity index (χ1v) is 8.90. The fourth-order valence-corrected chi connectivity index (χ4v) is 3.48. The van der Waals surface area contributed by atoms with Crippen LogP contribution in [0.4, 0.5) is 16.0 Å². The van der Waals surface area contributed by atoms with Crippen molar-refractivity contribution in [2.75, 3.05) is 22.7 Å². The topological polar surface area (TPSA) is 75.2 Å². The molecule has 8 heteroatoms. The lowest BCUT2D eigenvalue weighted by atomic mass is 10.1. The van der Waals surface area contributed by atoms with E-state index < -0.39 is 15.8 Å². The van der Waals surface area contributed by atoms with Crippen LogP contribution in [0.5, 0.6) is 0 Å². The van der Waals surface area contributed by atoms with Gasteiger partial charge in [-0.25, -0.2) is 12.8 Å². The molecule has 122 valence electrons. The Morgan fingerprint density at radius 2 is 1.65 bits per heavy atom. The molecule has 0 amide bonds. The number of benzene rings is 1. The van der Waals surface area contributed by atoms with Crippen LogP contribution in [0.2, 0.25) is 0 Å². The first-order chi connectivity index (χ1) is 11.0. The van der Waals surface area contributed by atoms with Crippen molar-refractivity contribution in [3.63, 3.8) is 0 Å². The molecule has 2 aromatic rings. The normalized spacial score (nSPS) is 15.4. The third-order valence-electron chi connectivity index (χ3n) is 3.69. The minimum atomic E-state index is -3.80. The zero-order valence-corrected chi connectivity index (χ0v) is 13.3. The van der Waals surface area contributed by atoms with Crippen molar-refractivity contribution in [3.05, 3.63) is 42.2 Å². The molecule has 0 bridgehead atoms. The summed E-state index contributed by atoms with van der Waals surface area (Å²) >= 11 is 0. The van der Waals surface area contributed by atoms with Gasteiger partial charge in [0.2, 0.25) is 0 Å². The van der Waals surface area contributed by atoms with Crippen molar-refractivity contribution in [3.8, 4) is 0 Å². The summed E-state index contributed by atoms with van der Waals surface area (Å²) in [5.74, 6) is 0.388. The second-order valence-electron chi connectivity index (χ2n) is 5.38. The van der Waals surface area contributed by atoms with E-state index in [1.54, 1.807) is 12.1 Å². The number of hydrogen-bond donors (Lipinski definition) is 1. The Morgan fingerprint density at radius 1 is 0.957 bits per heavy atom. The number of aromatic nitrogens is 2.